The molecule has 0 bridgehead atoms. The van der Waals surface area contributed by atoms with Gasteiger partial charge in [-0.05, 0) is 57.3 Å². The van der Waals surface area contributed by atoms with Crippen molar-refractivity contribution in [2.45, 2.75) is 72.4 Å². The molecule has 0 unspecified atom stereocenters. The second-order valence-electron chi connectivity index (χ2n) is 10.1. The maximum atomic E-state index is 13.1. The Morgan fingerprint density at radius 1 is 1.14 bits per heavy atom. The summed E-state index contributed by atoms with van der Waals surface area (Å²) in [5.74, 6) is 1.08. The van der Waals surface area contributed by atoms with Gasteiger partial charge < -0.3 is 13.9 Å². The van der Waals surface area contributed by atoms with Crippen LogP contribution in [0, 0.1) is 11.3 Å². The first-order valence-electron chi connectivity index (χ1n) is 10.2. The maximum absolute atomic E-state index is 13.1. The molecule has 1 heterocycles. The van der Waals surface area contributed by atoms with Crippen molar-refractivity contribution < 1.29 is 18.7 Å². The summed E-state index contributed by atoms with van der Waals surface area (Å²) in [6, 6.07) is 9.69. The fourth-order valence-electron chi connectivity index (χ4n) is 3.52. The lowest BCUT2D eigenvalue weighted by Gasteiger charge is -2.40. The molecule has 1 saturated heterocycles. The predicted octanol–water partition coefficient (Wildman–Crippen LogP) is 5.06. The third-order valence-electron chi connectivity index (χ3n) is 4.96. The van der Waals surface area contributed by atoms with Crippen LogP contribution >= 0.6 is 0 Å². The van der Waals surface area contributed by atoms with E-state index in [-0.39, 0.29) is 11.5 Å². The normalized spacial score (nSPS) is 23.2. The number of hydrogen-bond donors (Lipinski definition) is 0. The Morgan fingerprint density at radius 3 is 2.25 bits per heavy atom. The van der Waals surface area contributed by atoms with Crippen LogP contribution in [0.3, 0.4) is 0 Å². The van der Waals surface area contributed by atoms with Gasteiger partial charge in [0.15, 0.2) is 14.8 Å². The van der Waals surface area contributed by atoms with Crippen LogP contribution < -0.4 is 4.74 Å². The molecule has 2 atom stereocenters. The summed E-state index contributed by atoms with van der Waals surface area (Å²) in [6.07, 6.45) is 0.416. The Kier molecular flexibility index (Phi) is 6.87. The number of carbonyl (C=O) groups excluding carboxylic acids is 1. The van der Waals surface area contributed by atoms with Crippen molar-refractivity contribution in [3.8, 4) is 5.75 Å². The molecule has 0 saturated carbocycles. The Hall–Kier alpha value is -1.53. The Labute approximate surface area is 172 Å². The van der Waals surface area contributed by atoms with Crippen LogP contribution in [0.15, 0.2) is 30.3 Å². The minimum Gasteiger partial charge on any atom is -0.489 e. The molecule has 1 amide bonds. The molecule has 6 heteroatoms. The predicted molar refractivity (Wildman–Crippen MR) is 115 cm³/mol. The highest BCUT2D eigenvalue weighted by molar-refractivity contribution is 6.48. The zero-order valence-corrected chi connectivity index (χ0v) is 19.9. The number of likely N-dealkylation sites (tertiary alicyclic amines) is 1. The summed E-state index contributed by atoms with van der Waals surface area (Å²) >= 11 is 0. The number of carbonyl (C=O) groups is 1. The number of amides is 1. The first-order valence-corrected chi connectivity index (χ1v) is 13.0. The van der Waals surface area contributed by atoms with E-state index in [1.807, 2.05) is 51.1 Å². The van der Waals surface area contributed by atoms with Crippen LogP contribution in [0.2, 0.25) is 13.1 Å². The topological polar surface area (TPSA) is 48.0 Å². The highest BCUT2D eigenvalue weighted by Gasteiger charge is 2.53. The smallest absolute Gasteiger partial charge is 0.412 e. The summed E-state index contributed by atoms with van der Waals surface area (Å²) in [4.78, 5) is 14.9. The van der Waals surface area contributed by atoms with Crippen molar-refractivity contribution in [1.29, 1.82) is 0 Å². The monoisotopic (exact) mass is 407 g/mol. The fourth-order valence-corrected chi connectivity index (χ4v) is 4.69. The van der Waals surface area contributed by atoms with Gasteiger partial charge in [0.2, 0.25) is 0 Å². The summed E-state index contributed by atoms with van der Waals surface area (Å²) in [5, 5.41) is 0. The molecule has 0 aromatic heterocycles. The van der Waals surface area contributed by atoms with Gasteiger partial charge in [0, 0.05) is 13.0 Å². The largest absolute Gasteiger partial charge is 0.489 e. The maximum Gasteiger partial charge on any atom is 0.412 e. The van der Waals surface area contributed by atoms with Crippen LogP contribution in [0.5, 0.6) is 5.75 Å². The molecule has 0 radical (unpaired) electrons. The molecule has 1 aliphatic heterocycles. The van der Waals surface area contributed by atoms with E-state index in [9.17, 15) is 4.79 Å². The highest BCUT2D eigenvalue weighted by atomic mass is 28.3. The van der Waals surface area contributed by atoms with E-state index in [0.717, 1.165) is 12.2 Å². The van der Waals surface area contributed by atoms with Crippen LogP contribution in [-0.4, -0.2) is 44.5 Å². The second kappa shape index (κ2) is 8.45. The molecule has 2 rings (SSSR count). The van der Waals surface area contributed by atoms with E-state index in [1.54, 1.807) is 4.90 Å². The first-order chi connectivity index (χ1) is 12.8. The number of para-hydroxylation sites is 1. The molecule has 158 valence electrons. The lowest BCUT2D eigenvalue weighted by molar-refractivity contribution is -0.0907. The molecular weight excluding hydrogens is 370 g/mol. The van der Waals surface area contributed by atoms with E-state index in [2.05, 4.69) is 33.9 Å². The average Bonchev–Trinajstić information content (AvgIpc) is 2.92. The van der Waals surface area contributed by atoms with Crippen LogP contribution in [0.1, 0.15) is 48.0 Å². The molecule has 1 aliphatic rings. The lowest BCUT2D eigenvalue weighted by Crippen LogP contribution is -2.56. The number of rotatable bonds is 5. The van der Waals surface area contributed by atoms with Gasteiger partial charge in [-0.15, -0.1) is 0 Å². The van der Waals surface area contributed by atoms with Gasteiger partial charge in [-0.2, -0.15) is 0 Å². The minimum atomic E-state index is -1.46. The third-order valence-corrected chi connectivity index (χ3v) is 5.87. The van der Waals surface area contributed by atoms with Gasteiger partial charge in [0.1, 0.15) is 18.0 Å². The van der Waals surface area contributed by atoms with Crippen molar-refractivity contribution in [3.05, 3.63) is 30.3 Å². The van der Waals surface area contributed by atoms with Crippen molar-refractivity contribution in [2.75, 3.05) is 13.2 Å². The molecule has 1 aromatic carbocycles. The molecule has 28 heavy (non-hydrogen) atoms. The molecule has 0 N–H and O–H groups in total. The van der Waals surface area contributed by atoms with Gasteiger partial charge >= 0.3 is 6.09 Å². The number of hydrogen-bond acceptors (Lipinski definition) is 4. The lowest BCUT2D eigenvalue weighted by atomic mass is 9.79. The van der Waals surface area contributed by atoms with Crippen LogP contribution in [-0.2, 0) is 9.16 Å². The number of ether oxygens (including phenoxy) is 2. The van der Waals surface area contributed by atoms with Gasteiger partial charge in [-0.25, -0.2) is 4.79 Å². The number of nitrogens with zero attached hydrogens (tertiary/aromatic N) is 1. The molecule has 1 fully saturated rings. The standard InChI is InChI=1S/C22H37NO4Si/c1-20(2,3)17-14-22(27-28(7)8,16-25-18-12-10-9-11-13-18)23(15-17)19(24)26-21(4,5)6/h9-13,17,28H,14-16H2,1-8H3/t17-,22-/m0/s1. The van der Waals surface area contributed by atoms with Crippen molar-refractivity contribution >= 4 is 15.1 Å². The SMILES string of the molecule is C[SiH](C)O[C@]1(COc2ccccc2)C[C@H](C(C)(C)C)CN1C(=O)OC(C)(C)C. The van der Waals surface area contributed by atoms with Gasteiger partial charge in [0.25, 0.3) is 0 Å². The van der Waals surface area contributed by atoms with Gasteiger partial charge in [-0.3, -0.25) is 4.90 Å². The molecule has 1 aromatic rings. The quantitative estimate of drug-likeness (QED) is 0.640. The summed E-state index contributed by atoms with van der Waals surface area (Å²) < 4.78 is 18.4. The zero-order chi connectivity index (χ0) is 21.2. The summed E-state index contributed by atoms with van der Waals surface area (Å²) in [6.45, 7) is 17.5. The average molecular weight is 408 g/mol. The summed E-state index contributed by atoms with van der Waals surface area (Å²) in [5.41, 5.74) is -1.30. The summed E-state index contributed by atoms with van der Waals surface area (Å²) in [7, 11) is -1.46. The minimum absolute atomic E-state index is 0.0522. The molecule has 0 spiro atoms. The Bertz CT molecular complexity index is 651. The first kappa shape index (κ1) is 22.8. The van der Waals surface area contributed by atoms with Crippen molar-refractivity contribution in [1.82, 2.24) is 4.90 Å². The van der Waals surface area contributed by atoms with E-state index in [0.29, 0.717) is 19.1 Å². The third kappa shape index (κ3) is 5.98. The fraction of sp³-hybridized carbons (Fsp3) is 0.682. The Morgan fingerprint density at radius 2 is 1.75 bits per heavy atom. The van der Waals surface area contributed by atoms with E-state index in [1.165, 1.54) is 0 Å². The van der Waals surface area contributed by atoms with E-state index >= 15 is 0 Å². The molecule has 5 nitrogen and oxygen atoms in total. The zero-order valence-electron chi connectivity index (χ0n) is 18.7. The van der Waals surface area contributed by atoms with Gasteiger partial charge in [-0.1, -0.05) is 39.0 Å². The van der Waals surface area contributed by atoms with Gasteiger partial charge in [0.05, 0.1) is 0 Å². The van der Waals surface area contributed by atoms with Crippen molar-refractivity contribution in [2.24, 2.45) is 11.3 Å². The van der Waals surface area contributed by atoms with E-state index in [4.69, 9.17) is 13.9 Å². The van der Waals surface area contributed by atoms with E-state index < -0.39 is 20.4 Å². The molecule has 0 aliphatic carbocycles. The van der Waals surface area contributed by atoms with Crippen LogP contribution in [0.4, 0.5) is 4.79 Å². The number of benzene rings is 1. The van der Waals surface area contributed by atoms with Crippen LogP contribution in [0.25, 0.3) is 0 Å². The second-order valence-corrected chi connectivity index (χ2v) is 12.4. The molecular formula is C22H37NO4Si. The van der Waals surface area contributed by atoms with Crippen molar-refractivity contribution in [3.63, 3.8) is 0 Å². The highest BCUT2D eigenvalue weighted by Crippen LogP contribution is 2.44. The Balaban J connectivity index is 2.35.